The number of halogens is 3. The van der Waals surface area contributed by atoms with Crippen LogP contribution in [0.1, 0.15) is 28.1 Å². The topological polar surface area (TPSA) is 65.4 Å². The molecular formula is C29H26BrClFN3O3. The molecule has 0 aliphatic rings. The van der Waals surface area contributed by atoms with Crippen molar-refractivity contribution in [1.82, 2.24) is 9.78 Å². The molecule has 0 saturated carbocycles. The Morgan fingerprint density at radius 3 is 2.63 bits per heavy atom. The number of anilines is 1. The zero-order chi connectivity index (χ0) is 27.2. The molecule has 6 nitrogen and oxygen atoms in total. The van der Waals surface area contributed by atoms with E-state index in [9.17, 15) is 9.18 Å². The molecule has 1 amide bonds. The maximum Gasteiger partial charge on any atom is 0.248 e. The number of benzene rings is 3. The second-order valence-corrected chi connectivity index (χ2v) is 9.86. The Morgan fingerprint density at radius 2 is 1.92 bits per heavy atom. The number of amides is 1. The Hall–Kier alpha value is -3.62. The summed E-state index contributed by atoms with van der Waals surface area (Å²) in [5.74, 6) is 0.708. The van der Waals surface area contributed by atoms with Crippen LogP contribution < -0.4 is 14.8 Å². The highest BCUT2D eigenvalue weighted by molar-refractivity contribution is 9.10. The molecule has 1 N–H and O–H groups in total. The molecule has 196 valence electrons. The molecule has 9 heteroatoms. The number of rotatable bonds is 9. The predicted octanol–water partition coefficient (Wildman–Crippen LogP) is 7.34. The van der Waals surface area contributed by atoms with Crippen molar-refractivity contribution in [3.05, 3.63) is 110 Å². The van der Waals surface area contributed by atoms with E-state index < -0.39 is 5.82 Å². The van der Waals surface area contributed by atoms with Gasteiger partial charge in [-0.2, -0.15) is 5.10 Å². The van der Waals surface area contributed by atoms with Crippen molar-refractivity contribution < 1.29 is 18.7 Å². The SMILES string of the molecule is COc1ccc(C=CC(=O)Nc2c(C)nn(Cc3c(F)cccc3Cl)c2C)cc1COc1ccc(Br)cc1. The highest BCUT2D eigenvalue weighted by Gasteiger charge is 2.16. The minimum Gasteiger partial charge on any atom is -0.496 e. The molecule has 0 radical (unpaired) electrons. The monoisotopic (exact) mass is 597 g/mol. The smallest absolute Gasteiger partial charge is 0.248 e. The summed E-state index contributed by atoms with van der Waals surface area (Å²) in [4.78, 5) is 12.7. The lowest BCUT2D eigenvalue weighted by atomic mass is 10.1. The Bertz CT molecular complexity index is 1470. The number of aryl methyl sites for hydroxylation is 1. The summed E-state index contributed by atoms with van der Waals surface area (Å²) in [5.41, 5.74) is 3.89. The van der Waals surface area contributed by atoms with Crippen molar-refractivity contribution in [2.75, 3.05) is 12.4 Å². The van der Waals surface area contributed by atoms with Crippen LogP contribution in [0.5, 0.6) is 11.5 Å². The maximum absolute atomic E-state index is 14.3. The molecule has 0 spiro atoms. The summed E-state index contributed by atoms with van der Waals surface area (Å²) >= 11 is 9.58. The summed E-state index contributed by atoms with van der Waals surface area (Å²) < 4.78 is 28.2. The molecule has 0 fully saturated rings. The number of ether oxygens (including phenoxy) is 2. The Labute approximate surface area is 234 Å². The first kappa shape index (κ1) is 27.4. The first-order valence-corrected chi connectivity index (χ1v) is 12.9. The van der Waals surface area contributed by atoms with Crippen molar-refractivity contribution in [1.29, 1.82) is 0 Å². The molecule has 1 aromatic heterocycles. The first-order valence-electron chi connectivity index (χ1n) is 11.8. The molecule has 0 saturated heterocycles. The van der Waals surface area contributed by atoms with Gasteiger partial charge in [0.25, 0.3) is 0 Å². The lowest BCUT2D eigenvalue weighted by Gasteiger charge is -2.11. The summed E-state index contributed by atoms with van der Waals surface area (Å²) in [7, 11) is 1.60. The van der Waals surface area contributed by atoms with Gasteiger partial charge in [-0.1, -0.05) is 39.7 Å². The predicted molar refractivity (Wildman–Crippen MR) is 151 cm³/mol. The third kappa shape index (κ3) is 6.62. The van der Waals surface area contributed by atoms with E-state index in [4.69, 9.17) is 21.1 Å². The van der Waals surface area contributed by atoms with E-state index in [1.54, 1.807) is 36.9 Å². The summed E-state index contributed by atoms with van der Waals surface area (Å²) in [6.07, 6.45) is 3.16. The van der Waals surface area contributed by atoms with Crippen LogP contribution in [0.2, 0.25) is 5.02 Å². The number of aromatic nitrogens is 2. The fourth-order valence-corrected chi connectivity index (χ4v) is 4.40. The summed E-state index contributed by atoms with van der Waals surface area (Å²) in [6, 6.07) is 17.7. The average Bonchev–Trinajstić information content (AvgIpc) is 3.16. The highest BCUT2D eigenvalue weighted by Crippen LogP contribution is 2.26. The molecule has 4 rings (SSSR count). The van der Waals surface area contributed by atoms with Crippen LogP contribution in [0.25, 0.3) is 6.08 Å². The minimum absolute atomic E-state index is 0.154. The van der Waals surface area contributed by atoms with E-state index >= 15 is 0 Å². The second-order valence-electron chi connectivity index (χ2n) is 8.54. The quantitative estimate of drug-likeness (QED) is 0.205. The second kappa shape index (κ2) is 12.3. The molecule has 4 aromatic rings. The van der Waals surface area contributed by atoms with Gasteiger partial charge in [0.15, 0.2) is 0 Å². The van der Waals surface area contributed by atoms with Gasteiger partial charge >= 0.3 is 0 Å². The number of carbonyl (C=O) groups excluding carboxylic acids is 1. The van der Waals surface area contributed by atoms with E-state index in [1.165, 1.54) is 12.1 Å². The van der Waals surface area contributed by atoms with Crippen LogP contribution in [0.4, 0.5) is 10.1 Å². The zero-order valence-electron chi connectivity index (χ0n) is 21.1. The molecule has 0 unspecified atom stereocenters. The average molecular weight is 599 g/mol. The van der Waals surface area contributed by atoms with Gasteiger partial charge in [0, 0.05) is 26.7 Å². The van der Waals surface area contributed by atoms with Crippen LogP contribution in [0.15, 0.2) is 71.2 Å². The number of hydrogen-bond donors (Lipinski definition) is 1. The molecule has 0 atom stereocenters. The van der Waals surface area contributed by atoms with Crippen LogP contribution in [-0.4, -0.2) is 22.8 Å². The molecule has 0 aliphatic carbocycles. The van der Waals surface area contributed by atoms with Gasteiger partial charge < -0.3 is 14.8 Å². The number of carbonyl (C=O) groups is 1. The standard InChI is InChI=1S/C29H26BrClFN3O3/c1-18-29(19(2)35(34-18)16-24-25(31)5-4-6-26(24)32)33-28(36)14-8-20-7-13-27(37-3)21(15-20)17-38-23-11-9-22(30)10-12-23/h4-15H,16-17H2,1-3H3,(H,33,36). The van der Waals surface area contributed by atoms with Gasteiger partial charge in [0.2, 0.25) is 5.91 Å². The van der Waals surface area contributed by atoms with E-state index in [2.05, 4.69) is 26.3 Å². The third-order valence-electron chi connectivity index (χ3n) is 5.94. The molecule has 38 heavy (non-hydrogen) atoms. The lowest BCUT2D eigenvalue weighted by Crippen LogP contribution is -2.10. The van der Waals surface area contributed by atoms with Gasteiger partial charge in [0.1, 0.15) is 23.9 Å². The summed E-state index contributed by atoms with van der Waals surface area (Å²) in [5, 5.41) is 7.67. The van der Waals surface area contributed by atoms with E-state index in [1.807, 2.05) is 49.4 Å². The van der Waals surface area contributed by atoms with Gasteiger partial charge in [-0.3, -0.25) is 9.48 Å². The van der Waals surface area contributed by atoms with Gasteiger partial charge in [0.05, 0.1) is 30.7 Å². The van der Waals surface area contributed by atoms with E-state index in [-0.39, 0.29) is 12.5 Å². The molecule has 0 aliphatic heterocycles. The minimum atomic E-state index is -0.403. The largest absolute Gasteiger partial charge is 0.496 e. The van der Waals surface area contributed by atoms with Gasteiger partial charge in [-0.15, -0.1) is 0 Å². The highest BCUT2D eigenvalue weighted by atomic mass is 79.9. The van der Waals surface area contributed by atoms with Crippen LogP contribution >= 0.6 is 27.5 Å². The van der Waals surface area contributed by atoms with Crippen LogP contribution in [-0.2, 0) is 17.9 Å². The van der Waals surface area contributed by atoms with E-state index in [0.717, 1.165) is 21.3 Å². The zero-order valence-corrected chi connectivity index (χ0v) is 23.4. The fourth-order valence-electron chi connectivity index (χ4n) is 3.91. The summed E-state index contributed by atoms with van der Waals surface area (Å²) in [6.45, 7) is 4.06. The fraction of sp³-hybridized carbons (Fsp3) is 0.172. The molecule has 3 aromatic carbocycles. The van der Waals surface area contributed by atoms with Gasteiger partial charge in [-0.05, 0) is 74.0 Å². The van der Waals surface area contributed by atoms with Crippen molar-refractivity contribution in [3.63, 3.8) is 0 Å². The first-order chi connectivity index (χ1) is 18.2. The van der Waals surface area contributed by atoms with E-state index in [0.29, 0.717) is 40.0 Å². The van der Waals surface area contributed by atoms with Crippen molar-refractivity contribution in [3.8, 4) is 11.5 Å². The molecular weight excluding hydrogens is 573 g/mol. The number of nitrogens with one attached hydrogen (secondary N) is 1. The molecule has 1 heterocycles. The Morgan fingerprint density at radius 1 is 1.16 bits per heavy atom. The van der Waals surface area contributed by atoms with Crippen molar-refractivity contribution in [2.24, 2.45) is 0 Å². The maximum atomic E-state index is 14.3. The number of nitrogens with zero attached hydrogens (tertiary/aromatic N) is 2. The lowest BCUT2D eigenvalue weighted by molar-refractivity contribution is -0.111. The van der Waals surface area contributed by atoms with Gasteiger partial charge in [-0.25, -0.2) is 4.39 Å². The third-order valence-corrected chi connectivity index (χ3v) is 6.82. The van der Waals surface area contributed by atoms with Crippen LogP contribution in [0, 0.1) is 19.7 Å². The van der Waals surface area contributed by atoms with Crippen LogP contribution in [0.3, 0.4) is 0 Å². The Balaban J connectivity index is 1.45. The van der Waals surface area contributed by atoms with Crippen molar-refractivity contribution >= 4 is 45.2 Å². The molecule has 0 bridgehead atoms. The normalized spacial score (nSPS) is 11.1. The number of hydrogen-bond acceptors (Lipinski definition) is 4. The van der Waals surface area contributed by atoms with Crippen molar-refractivity contribution in [2.45, 2.75) is 27.0 Å². The Kier molecular flexibility index (Phi) is 8.86. The number of methoxy groups -OCH3 is 1.